The fourth-order valence-corrected chi connectivity index (χ4v) is 4.01. The summed E-state index contributed by atoms with van der Waals surface area (Å²) in [7, 11) is 0. The van der Waals surface area contributed by atoms with Gasteiger partial charge in [0.1, 0.15) is 12.6 Å². The number of benzene rings is 2. The molecule has 0 aliphatic carbocycles. The highest BCUT2D eigenvalue weighted by atomic mass is 16.5. The Labute approximate surface area is 188 Å². The van der Waals surface area contributed by atoms with E-state index in [2.05, 4.69) is 16.8 Å². The molecule has 2 amide bonds. The van der Waals surface area contributed by atoms with Gasteiger partial charge >= 0.3 is 0 Å². The molecule has 2 aliphatic rings. The lowest BCUT2D eigenvalue weighted by Crippen LogP contribution is -2.49. The van der Waals surface area contributed by atoms with Crippen LogP contribution in [0.5, 0.6) is 0 Å². The van der Waals surface area contributed by atoms with Crippen LogP contribution >= 0.6 is 0 Å². The summed E-state index contributed by atoms with van der Waals surface area (Å²) in [5.41, 5.74) is 3.24. The molecular formula is C25H28N4O3. The van der Waals surface area contributed by atoms with Gasteiger partial charge in [0.2, 0.25) is 5.91 Å². The number of para-hydroxylation sites is 1. The van der Waals surface area contributed by atoms with Gasteiger partial charge < -0.3 is 15.0 Å². The van der Waals surface area contributed by atoms with Crippen molar-refractivity contribution in [1.29, 1.82) is 0 Å². The summed E-state index contributed by atoms with van der Waals surface area (Å²) in [4.78, 5) is 35.0. The van der Waals surface area contributed by atoms with Crippen LogP contribution in [-0.4, -0.2) is 74.4 Å². The predicted molar refractivity (Wildman–Crippen MR) is 125 cm³/mol. The van der Waals surface area contributed by atoms with E-state index in [1.807, 2.05) is 54.6 Å². The minimum atomic E-state index is -0.622. The van der Waals surface area contributed by atoms with Crippen molar-refractivity contribution in [3.05, 3.63) is 78.4 Å². The first kappa shape index (κ1) is 21.9. The maximum Gasteiger partial charge on any atom is 0.253 e. The van der Waals surface area contributed by atoms with Gasteiger partial charge in [-0.25, -0.2) is 0 Å². The SMILES string of the molecule is C=CCNC(=O)CN1C(=O)[C@@H](CN2CCOCC2)N=C(c2ccccc2)c2ccccc21. The molecule has 0 radical (unpaired) electrons. The van der Waals surface area contributed by atoms with Gasteiger partial charge in [-0.05, 0) is 6.07 Å². The van der Waals surface area contributed by atoms with Gasteiger partial charge in [0, 0.05) is 37.3 Å². The van der Waals surface area contributed by atoms with Crippen LogP contribution in [0.1, 0.15) is 11.1 Å². The number of hydrogen-bond acceptors (Lipinski definition) is 5. The Morgan fingerprint density at radius 1 is 1.12 bits per heavy atom. The van der Waals surface area contributed by atoms with Crippen LogP contribution in [0, 0.1) is 0 Å². The molecular weight excluding hydrogens is 404 g/mol. The van der Waals surface area contributed by atoms with Crippen molar-refractivity contribution in [1.82, 2.24) is 10.2 Å². The van der Waals surface area contributed by atoms with Crippen LogP contribution < -0.4 is 10.2 Å². The molecule has 0 unspecified atom stereocenters. The third kappa shape index (κ3) is 4.95. The summed E-state index contributed by atoms with van der Waals surface area (Å²) >= 11 is 0. The zero-order chi connectivity index (χ0) is 22.3. The Balaban J connectivity index is 1.75. The van der Waals surface area contributed by atoms with E-state index in [0.29, 0.717) is 32.0 Å². The summed E-state index contributed by atoms with van der Waals surface area (Å²) in [6.45, 7) is 7.20. The fourth-order valence-electron chi connectivity index (χ4n) is 4.01. The zero-order valence-electron chi connectivity index (χ0n) is 18.1. The average Bonchev–Trinajstić information content (AvgIpc) is 2.95. The standard InChI is InChI=1S/C25H28N4O3/c1-2-12-26-23(30)18-29-22-11-7-6-10-20(22)24(19-8-4-3-5-9-19)27-21(25(29)31)17-28-13-15-32-16-14-28/h2-11,21H,1,12-18H2,(H,26,30)/t21-/m1/s1. The van der Waals surface area contributed by atoms with Gasteiger partial charge in [-0.15, -0.1) is 6.58 Å². The lowest BCUT2D eigenvalue weighted by molar-refractivity contribution is -0.124. The first-order valence-electron chi connectivity index (χ1n) is 10.9. The van der Waals surface area contributed by atoms with Crippen LogP contribution in [0.3, 0.4) is 0 Å². The molecule has 2 aromatic rings. The molecule has 2 aromatic carbocycles. The number of amides is 2. The van der Waals surface area contributed by atoms with E-state index in [1.54, 1.807) is 11.0 Å². The summed E-state index contributed by atoms with van der Waals surface area (Å²) in [6.07, 6.45) is 1.62. The number of hydrogen-bond donors (Lipinski definition) is 1. The lowest BCUT2D eigenvalue weighted by atomic mass is 10.0. The minimum Gasteiger partial charge on any atom is -0.379 e. The first-order chi connectivity index (χ1) is 15.7. The second-order valence-electron chi connectivity index (χ2n) is 7.81. The van der Waals surface area contributed by atoms with E-state index in [4.69, 9.17) is 9.73 Å². The van der Waals surface area contributed by atoms with Gasteiger partial charge in [0.15, 0.2) is 0 Å². The number of anilines is 1. The number of benzodiazepines with no additional fused rings is 1. The van der Waals surface area contributed by atoms with Gasteiger partial charge in [-0.1, -0.05) is 54.6 Å². The molecule has 166 valence electrons. The fraction of sp³-hybridized carbons (Fsp3) is 0.320. The zero-order valence-corrected chi connectivity index (χ0v) is 18.1. The van der Waals surface area contributed by atoms with Gasteiger partial charge in [0.05, 0.1) is 24.6 Å². The highest BCUT2D eigenvalue weighted by Crippen LogP contribution is 2.28. The monoisotopic (exact) mass is 432 g/mol. The lowest BCUT2D eigenvalue weighted by Gasteiger charge is -2.30. The summed E-state index contributed by atoms with van der Waals surface area (Å²) in [6, 6.07) is 16.9. The topological polar surface area (TPSA) is 74.2 Å². The van der Waals surface area contributed by atoms with Crippen molar-refractivity contribution < 1.29 is 14.3 Å². The number of carbonyl (C=O) groups excluding carboxylic acids is 2. The van der Waals surface area contributed by atoms with Crippen molar-refractivity contribution in [2.75, 3.05) is 50.8 Å². The number of carbonyl (C=O) groups is 2. The molecule has 7 nitrogen and oxygen atoms in total. The van der Waals surface area contributed by atoms with Crippen molar-refractivity contribution in [2.24, 2.45) is 4.99 Å². The number of nitrogens with one attached hydrogen (secondary N) is 1. The third-order valence-electron chi connectivity index (χ3n) is 5.61. The molecule has 0 spiro atoms. The van der Waals surface area contributed by atoms with E-state index < -0.39 is 6.04 Å². The van der Waals surface area contributed by atoms with Crippen LogP contribution in [0.15, 0.2) is 72.2 Å². The molecule has 0 saturated carbocycles. The minimum absolute atomic E-state index is 0.0686. The summed E-state index contributed by atoms with van der Waals surface area (Å²) in [5, 5.41) is 2.78. The van der Waals surface area contributed by atoms with E-state index >= 15 is 0 Å². The molecule has 1 atom stereocenters. The van der Waals surface area contributed by atoms with E-state index in [1.165, 1.54) is 0 Å². The second kappa shape index (κ2) is 10.3. The predicted octanol–water partition coefficient (Wildman–Crippen LogP) is 1.87. The Morgan fingerprint density at radius 3 is 2.59 bits per heavy atom. The van der Waals surface area contributed by atoms with Crippen molar-refractivity contribution in [2.45, 2.75) is 6.04 Å². The van der Waals surface area contributed by atoms with Crippen molar-refractivity contribution in [3.63, 3.8) is 0 Å². The summed E-state index contributed by atoms with van der Waals surface area (Å²) in [5.74, 6) is -0.412. The van der Waals surface area contributed by atoms with Crippen LogP contribution in [0.25, 0.3) is 0 Å². The smallest absolute Gasteiger partial charge is 0.253 e. The molecule has 1 saturated heterocycles. The molecule has 0 bridgehead atoms. The molecule has 4 rings (SSSR count). The molecule has 32 heavy (non-hydrogen) atoms. The average molecular weight is 433 g/mol. The van der Waals surface area contributed by atoms with E-state index in [-0.39, 0.29) is 18.4 Å². The number of aliphatic imine (C=N–C) groups is 1. The second-order valence-corrected chi connectivity index (χ2v) is 7.81. The summed E-state index contributed by atoms with van der Waals surface area (Å²) < 4.78 is 5.46. The van der Waals surface area contributed by atoms with Crippen molar-refractivity contribution in [3.8, 4) is 0 Å². The highest BCUT2D eigenvalue weighted by molar-refractivity contribution is 6.20. The number of morpholine rings is 1. The third-order valence-corrected chi connectivity index (χ3v) is 5.61. The first-order valence-corrected chi connectivity index (χ1v) is 10.9. The molecule has 2 aliphatic heterocycles. The molecule has 1 fully saturated rings. The highest BCUT2D eigenvalue weighted by Gasteiger charge is 2.34. The maximum absolute atomic E-state index is 13.7. The van der Waals surface area contributed by atoms with E-state index in [0.717, 1.165) is 29.9 Å². The molecule has 1 N–H and O–H groups in total. The van der Waals surface area contributed by atoms with Crippen molar-refractivity contribution >= 4 is 23.2 Å². The Hall–Kier alpha value is -3.29. The number of rotatable bonds is 7. The Morgan fingerprint density at radius 2 is 1.84 bits per heavy atom. The Bertz CT molecular complexity index is 999. The molecule has 2 heterocycles. The van der Waals surface area contributed by atoms with Crippen LogP contribution in [0.2, 0.25) is 0 Å². The van der Waals surface area contributed by atoms with Crippen LogP contribution in [0.4, 0.5) is 5.69 Å². The normalized spacial score (nSPS) is 19.0. The number of fused-ring (bicyclic) bond motifs is 1. The molecule has 7 heteroatoms. The van der Waals surface area contributed by atoms with Crippen LogP contribution in [-0.2, 0) is 14.3 Å². The Kier molecular flexibility index (Phi) is 7.09. The number of ether oxygens (including phenoxy) is 1. The van der Waals surface area contributed by atoms with Gasteiger partial charge in [-0.2, -0.15) is 0 Å². The van der Waals surface area contributed by atoms with Gasteiger partial charge in [0.25, 0.3) is 5.91 Å². The molecule has 0 aromatic heterocycles. The number of nitrogens with zero attached hydrogens (tertiary/aromatic N) is 3. The van der Waals surface area contributed by atoms with Gasteiger partial charge in [-0.3, -0.25) is 19.5 Å². The quantitative estimate of drug-likeness (QED) is 0.678. The largest absolute Gasteiger partial charge is 0.379 e. The van der Waals surface area contributed by atoms with E-state index in [9.17, 15) is 9.59 Å². The maximum atomic E-state index is 13.7.